The number of carbonyl (C=O) groups is 2. The number of hydrogen-bond acceptors (Lipinski definition) is 4. The lowest BCUT2D eigenvalue weighted by Gasteiger charge is -2.49. The van der Waals surface area contributed by atoms with Crippen LogP contribution in [0.25, 0.3) is 0 Å². The van der Waals surface area contributed by atoms with E-state index < -0.39 is 5.60 Å². The van der Waals surface area contributed by atoms with Gasteiger partial charge in [-0.3, -0.25) is 9.59 Å². The molecular formula is C12H19N3O3. The standard InChI is InChI=1S/C12H19N3O3/c1-8(2)12(18)6-15(7-12)11(17)9-4-5-10(16)14(3)13-9/h8,18H,4-7H2,1-3H3. The Balaban J connectivity index is 1.99. The van der Waals surface area contributed by atoms with Gasteiger partial charge in [-0.2, -0.15) is 5.10 Å². The second-order valence-electron chi connectivity index (χ2n) is 5.38. The molecule has 0 spiro atoms. The Bertz CT molecular complexity index is 411. The highest BCUT2D eigenvalue weighted by molar-refractivity contribution is 6.39. The van der Waals surface area contributed by atoms with E-state index >= 15 is 0 Å². The third kappa shape index (κ3) is 2.12. The van der Waals surface area contributed by atoms with Gasteiger partial charge >= 0.3 is 0 Å². The number of rotatable bonds is 2. The molecule has 0 unspecified atom stereocenters. The zero-order chi connectivity index (χ0) is 13.5. The number of aliphatic hydroxyl groups is 1. The highest BCUT2D eigenvalue weighted by atomic mass is 16.3. The quantitative estimate of drug-likeness (QED) is 0.742. The van der Waals surface area contributed by atoms with E-state index in [0.29, 0.717) is 31.6 Å². The van der Waals surface area contributed by atoms with Crippen LogP contribution in [-0.2, 0) is 9.59 Å². The molecule has 0 atom stereocenters. The number of hydrazone groups is 1. The number of amides is 2. The highest BCUT2D eigenvalue weighted by Gasteiger charge is 2.46. The van der Waals surface area contributed by atoms with Crippen molar-refractivity contribution in [3.05, 3.63) is 0 Å². The van der Waals surface area contributed by atoms with Crippen LogP contribution in [0.5, 0.6) is 0 Å². The molecule has 0 aromatic carbocycles. The summed E-state index contributed by atoms with van der Waals surface area (Å²) in [5, 5.41) is 15.3. The average Bonchev–Trinajstić information content (AvgIpc) is 2.27. The summed E-state index contributed by atoms with van der Waals surface area (Å²) in [5.74, 6) is -0.118. The largest absolute Gasteiger partial charge is 0.386 e. The van der Waals surface area contributed by atoms with Crippen molar-refractivity contribution in [3.8, 4) is 0 Å². The molecule has 2 amide bonds. The van der Waals surface area contributed by atoms with Crippen LogP contribution in [0, 0.1) is 5.92 Å². The molecule has 2 rings (SSSR count). The van der Waals surface area contributed by atoms with E-state index in [2.05, 4.69) is 5.10 Å². The number of hydrogen-bond donors (Lipinski definition) is 1. The Morgan fingerprint density at radius 3 is 2.50 bits per heavy atom. The van der Waals surface area contributed by atoms with Crippen LogP contribution in [0.3, 0.4) is 0 Å². The SMILES string of the molecule is CC(C)C1(O)CN(C(=O)C2=NN(C)C(=O)CC2)C1. The first kappa shape index (κ1) is 13.0. The zero-order valence-corrected chi connectivity index (χ0v) is 11.0. The van der Waals surface area contributed by atoms with Crippen molar-refractivity contribution in [1.29, 1.82) is 0 Å². The van der Waals surface area contributed by atoms with Gasteiger partial charge in [-0.25, -0.2) is 5.01 Å². The fourth-order valence-corrected chi connectivity index (χ4v) is 2.13. The topological polar surface area (TPSA) is 73.2 Å². The Kier molecular flexibility index (Phi) is 3.14. The number of carbonyl (C=O) groups excluding carboxylic acids is 2. The predicted octanol–water partition coefficient (Wildman–Crippen LogP) is -0.176. The molecule has 6 nitrogen and oxygen atoms in total. The van der Waals surface area contributed by atoms with Crippen LogP contribution in [0.15, 0.2) is 5.10 Å². The molecule has 1 saturated heterocycles. The molecule has 0 bridgehead atoms. The first-order valence-electron chi connectivity index (χ1n) is 6.19. The van der Waals surface area contributed by atoms with Crippen LogP contribution in [0.4, 0.5) is 0 Å². The third-order valence-corrected chi connectivity index (χ3v) is 3.75. The van der Waals surface area contributed by atoms with Gasteiger partial charge in [-0.1, -0.05) is 13.8 Å². The molecule has 2 aliphatic heterocycles. The summed E-state index contributed by atoms with van der Waals surface area (Å²) < 4.78 is 0. The summed E-state index contributed by atoms with van der Waals surface area (Å²) in [5.41, 5.74) is -0.366. The lowest BCUT2D eigenvalue weighted by atomic mass is 9.82. The first-order chi connectivity index (χ1) is 8.33. The molecular weight excluding hydrogens is 234 g/mol. The average molecular weight is 253 g/mol. The summed E-state index contributed by atoms with van der Waals surface area (Å²) in [4.78, 5) is 24.9. The highest BCUT2D eigenvalue weighted by Crippen LogP contribution is 2.29. The van der Waals surface area contributed by atoms with Gasteiger partial charge in [0.2, 0.25) is 5.91 Å². The second kappa shape index (κ2) is 4.35. The lowest BCUT2D eigenvalue weighted by Crippen LogP contribution is -2.67. The minimum Gasteiger partial charge on any atom is -0.386 e. The monoisotopic (exact) mass is 253 g/mol. The first-order valence-corrected chi connectivity index (χ1v) is 6.19. The summed E-state index contributed by atoms with van der Waals surface area (Å²) >= 11 is 0. The molecule has 100 valence electrons. The van der Waals surface area contributed by atoms with Gasteiger partial charge in [0.15, 0.2) is 0 Å². The van der Waals surface area contributed by atoms with Gasteiger partial charge in [0, 0.05) is 19.9 Å². The van der Waals surface area contributed by atoms with E-state index in [-0.39, 0.29) is 17.7 Å². The Labute approximate surface area is 106 Å². The van der Waals surface area contributed by atoms with Crippen LogP contribution < -0.4 is 0 Å². The molecule has 0 aliphatic carbocycles. The van der Waals surface area contributed by atoms with Gasteiger partial charge in [-0.15, -0.1) is 0 Å². The van der Waals surface area contributed by atoms with E-state index in [1.807, 2.05) is 13.8 Å². The molecule has 0 saturated carbocycles. The Hall–Kier alpha value is -1.43. The summed E-state index contributed by atoms with van der Waals surface area (Å²) in [6.45, 7) is 4.57. The third-order valence-electron chi connectivity index (χ3n) is 3.75. The fraction of sp³-hybridized carbons (Fsp3) is 0.750. The van der Waals surface area contributed by atoms with Crippen LogP contribution >= 0.6 is 0 Å². The van der Waals surface area contributed by atoms with E-state index in [1.54, 1.807) is 11.9 Å². The van der Waals surface area contributed by atoms with Gasteiger partial charge in [-0.05, 0) is 5.92 Å². The molecule has 6 heteroatoms. The van der Waals surface area contributed by atoms with Gasteiger partial charge in [0.1, 0.15) is 11.3 Å². The Morgan fingerprint density at radius 2 is 2.00 bits per heavy atom. The number of β-amino-alcohol motifs (C(OH)–C–C–N with tert-alkyl or cyclic N) is 1. The predicted molar refractivity (Wildman–Crippen MR) is 65.8 cm³/mol. The van der Waals surface area contributed by atoms with Crippen molar-refractivity contribution in [2.45, 2.75) is 32.3 Å². The molecule has 0 aromatic rings. The van der Waals surface area contributed by atoms with Crippen LogP contribution in [-0.4, -0.2) is 58.3 Å². The van der Waals surface area contributed by atoms with Gasteiger partial charge in [0.05, 0.1) is 13.1 Å². The fourth-order valence-electron chi connectivity index (χ4n) is 2.13. The number of nitrogens with zero attached hydrogens (tertiary/aromatic N) is 3. The zero-order valence-electron chi connectivity index (χ0n) is 11.0. The van der Waals surface area contributed by atoms with Gasteiger partial charge in [0.25, 0.3) is 5.91 Å². The minimum atomic E-state index is -0.771. The van der Waals surface area contributed by atoms with E-state index in [0.717, 1.165) is 0 Å². The van der Waals surface area contributed by atoms with E-state index in [9.17, 15) is 14.7 Å². The smallest absolute Gasteiger partial charge is 0.270 e. The van der Waals surface area contributed by atoms with E-state index in [4.69, 9.17) is 0 Å². The summed E-state index contributed by atoms with van der Waals surface area (Å²) in [6, 6.07) is 0. The van der Waals surface area contributed by atoms with Crippen molar-refractivity contribution >= 4 is 17.5 Å². The molecule has 1 N–H and O–H groups in total. The van der Waals surface area contributed by atoms with Crippen LogP contribution in [0.1, 0.15) is 26.7 Å². The van der Waals surface area contributed by atoms with Crippen molar-refractivity contribution in [1.82, 2.24) is 9.91 Å². The maximum atomic E-state index is 12.1. The Morgan fingerprint density at radius 1 is 1.39 bits per heavy atom. The normalized spacial score (nSPS) is 22.9. The minimum absolute atomic E-state index is 0.0751. The maximum Gasteiger partial charge on any atom is 0.270 e. The molecule has 1 fully saturated rings. The van der Waals surface area contributed by atoms with E-state index in [1.165, 1.54) is 5.01 Å². The van der Waals surface area contributed by atoms with Crippen molar-refractivity contribution in [2.24, 2.45) is 11.0 Å². The van der Waals surface area contributed by atoms with Gasteiger partial charge < -0.3 is 10.0 Å². The van der Waals surface area contributed by atoms with Crippen LogP contribution in [0.2, 0.25) is 0 Å². The number of likely N-dealkylation sites (tertiary alicyclic amines) is 1. The molecule has 0 radical (unpaired) electrons. The summed E-state index contributed by atoms with van der Waals surface area (Å²) in [7, 11) is 1.55. The molecule has 2 heterocycles. The van der Waals surface area contributed by atoms with Crippen molar-refractivity contribution in [3.63, 3.8) is 0 Å². The molecule has 2 aliphatic rings. The second-order valence-corrected chi connectivity index (χ2v) is 5.38. The lowest BCUT2D eigenvalue weighted by molar-refractivity contribution is -0.157. The molecule has 0 aromatic heterocycles. The molecule has 18 heavy (non-hydrogen) atoms. The van der Waals surface area contributed by atoms with Crippen molar-refractivity contribution in [2.75, 3.05) is 20.1 Å². The maximum absolute atomic E-state index is 12.1. The van der Waals surface area contributed by atoms with Crippen molar-refractivity contribution < 1.29 is 14.7 Å². The summed E-state index contributed by atoms with van der Waals surface area (Å²) in [6.07, 6.45) is 0.710.